The quantitative estimate of drug-likeness (QED) is 0.0402. The van der Waals surface area contributed by atoms with Gasteiger partial charge in [-0.15, -0.1) is 0 Å². The zero-order chi connectivity index (χ0) is 22.3. The van der Waals surface area contributed by atoms with E-state index in [4.69, 9.17) is 15.8 Å². The first-order valence-electron chi connectivity index (χ1n) is 8.52. The van der Waals surface area contributed by atoms with Crippen LogP contribution < -0.4 is 17.0 Å². The molecule has 0 bridgehead atoms. The van der Waals surface area contributed by atoms with Gasteiger partial charge in [0.1, 0.15) is 0 Å². The van der Waals surface area contributed by atoms with Crippen molar-refractivity contribution in [3.8, 4) is 0 Å². The number of alkyl halides is 1. The summed E-state index contributed by atoms with van der Waals surface area (Å²) in [5.74, 6) is 0. The van der Waals surface area contributed by atoms with Gasteiger partial charge < -0.3 is 0 Å². The summed E-state index contributed by atoms with van der Waals surface area (Å²) in [6, 6.07) is 0. The Kier molecular flexibility index (Phi) is 10.6. The fourth-order valence-corrected chi connectivity index (χ4v) is 9.35. The summed E-state index contributed by atoms with van der Waals surface area (Å²) in [7, 11) is -11.1. The van der Waals surface area contributed by atoms with Gasteiger partial charge in [-0.25, -0.2) is 0 Å². The molecule has 1 rings (SSSR count). The number of nitrogens with one attached hydrogen (secondary N) is 2. The molecule has 0 radical (unpaired) electrons. The number of imidazole rings is 1. The van der Waals surface area contributed by atoms with E-state index in [1.807, 2.05) is 35.2 Å². The zero-order valence-electron chi connectivity index (χ0n) is 15.6. The molecule has 2 unspecified atom stereocenters. The number of hydrogen-bond donors (Lipinski definition) is 10. The van der Waals surface area contributed by atoms with Gasteiger partial charge in [-0.1, -0.05) is 0 Å². The van der Waals surface area contributed by atoms with E-state index in [1.54, 1.807) is 0 Å². The van der Waals surface area contributed by atoms with Crippen LogP contribution in [0.25, 0.3) is 0 Å². The van der Waals surface area contributed by atoms with Crippen LogP contribution in [0.4, 0.5) is 0 Å². The predicted molar refractivity (Wildman–Crippen MR) is 114 cm³/mol. The van der Waals surface area contributed by atoms with E-state index in [0.717, 1.165) is 4.57 Å². The third-order valence-corrected chi connectivity index (χ3v) is 12.4. The number of aromatic nitrogens is 2. The number of rotatable bonds is 14. The van der Waals surface area contributed by atoms with E-state index in [2.05, 4.69) is 9.92 Å². The van der Waals surface area contributed by atoms with Gasteiger partial charge in [-0.2, -0.15) is 0 Å². The Morgan fingerprint density at radius 2 is 1.97 bits per heavy atom. The van der Waals surface area contributed by atoms with Gasteiger partial charge in [0.15, 0.2) is 0 Å². The summed E-state index contributed by atoms with van der Waals surface area (Å²) in [6.45, 7) is 0.867. The molecule has 0 fully saturated rings. The third-order valence-electron chi connectivity index (χ3n) is 4.60. The van der Waals surface area contributed by atoms with Crippen molar-refractivity contribution in [2.75, 3.05) is 6.54 Å². The standard InChI is InChI=1S/C12H30IN5O9P2/c1-2-10(13)7-11(3-4-14,26-17-27-16-20)28(21,22)12(19,29(23,24)25)8-18-6-5-15-9-18/h5-6,9-10,16-17,19-25,28-29H,2-4,7-8,14H2,1H3/t10?,11-,12?/m0/s1. The first-order valence-corrected chi connectivity index (χ1v) is 13.5. The molecule has 0 amide bonds. The fourth-order valence-electron chi connectivity index (χ4n) is 2.91. The predicted octanol–water partition coefficient (Wildman–Crippen LogP) is -1.44. The Bertz CT molecular complexity index is 611. The SMILES string of the molecule is CCC(I)C[C@@](CCN)(ONONO)[PH](O)(O)C(O)(Cn1ccnc1)[PH](O)(O)O. The molecule has 0 saturated heterocycles. The van der Waals surface area contributed by atoms with E-state index in [0.29, 0.717) is 6.42 Å². The van der Waals surface area contributed by atoms with Crippen LogP contribution in [0.2, 0.25) is 0 Å². The molecule has 14 nitrogen and oxygen atoms in total. The summed E-state index contributed by atoms with van der Waals surface area (Å²) < 4.78 is 0.908. The van der Waals surface area contributed by atoms with Crippen LogP contribution in [-0.2, 0) is 16.3 Å². The Labute approximate surface area is 181 Å². The van der Waals surface area contributed by atoms with Crippen LogP contribution >= 0.6 is 38.3 Å². The van der Waals surface area contributed by atoms with Crippen molar-refractivity contribution in [1.29, 1.82) is 0 Å². The van der Waals surface area contributed by atoms with Crippen molar-refractivity contribution in [2.45, 2.75) is 47.1 Å². The van der Waals surface area contributed by atoms with Crippen LogP contribution in [0.1, 0.15) is 26.2 Å². The molecular formula is C12H30IN5O9P2. The maximum absolute atomic E-state index is 11.3. The van der Waals surface area contributed by atoms with Crippen LogP contribution in [0.5, 0.6) is 0 Å². The van der Waals surface area contributed by atoms with Gasteiger partial charge in [0.2, 0.25) is 0 Å². The van der Waals surface area contributed by atoms with Crippen molar-refractivity contribution >= 4 is 38.3 Å². The molecule has 174 valence electrons. The van der Waals surface area contributed by atoms with Crippen LogP contribution in [0.15, 0.2) is 18.7 Å². The number of halogens is 1. The first kappa shape index (κ1) is 27.4. The average Bonchev–Trinajstić information content (AvgIpc) is 3.13. The van der Waals surface area contributed by atoms with Crippen molar-refractivity contribution in [3.05, 3.63) is 18.7 Å². The molecule has 29 heavy (non-hydrogen) atoms. The monoisotopic (exact) mass is 577 g/mol. The number of nitrogens with zero attached hydrogens (tertiary/aromatic N) is 2. The molecule has 0 saturated carbocycles. The molecule has 17 heteroatoms. The zero-order valence-corrected chi connectivity index (χ0v) is 19.8. The van der Waals surface area contributed by atoms with Crippen LogP contribution in [0.3, 0.4) is 0 Å². The minimum absolute atomic E-state index is 0.126. The number of aliphatic hydroxyl groups is 1. The summed E-state index contributed by atoms with van der Waals surface area (Å²) in [6.07, 6.45) is 3.98. The minimum atomic E-state index is -5.64. The summed E-state index contributed by atoms with van der Waals surface area (Å²) >= 11 is 2.02. The summed E-state index contributed by atoms with van der Waals surface area (Å²) in [5, 5.41) is 14.4. The van der Waals surface area contributed by atoms with E-state index >= 15 is 0 Å². The Hall–Kier alpha value is 0.320. The van der Waals surface area contributed by atoms with Crippen molar-refractivity contribution in [1.82, 2.24) is 20.8 Å². The molecule has 0 aromatic carbocycles. The molecule has 1 aromatic rings. The fraction of sp³-hybridized carbons (Fsp3) is 0.750. The van der Waals surface area contributed by atoms with Crippen LogP contribution in [-0.4, -0.2) is 65.2 Å². The molecule has 0 aliphatic carbocycles. The number of nitrogens with two attached hydrogens (primary N) is 1. The third kappa shape index (κ3) is 6.19. The second-order valence-corrected chi connectivity index (χ2v) is 14.0. The van der Waals surface area contributed by atoms with E-state index in [9.17, 15) is 29.6 Å². The second-order valence-electron chi connectivity index (χ2n) is 6.52. The molecule has 1 heterocycles. The first-order chi connectivity index (χ1) is 13.4. The average molecular weight is 577 g/mol. The van der Waals surface area contributed by atoms with Gasteiger partial charge in [-0.3, -0.25) is 0 Å². The van der Waals surface area contributed by atoms with Gasteiger partial charge in [0.25, 0.3) is 0 Å². The van der Waals surface area contributed by atoms with Gasteiger partial charge >= 0.3 is 182 Å². The Morgan fingerprint density at radius 1 is 1.31 bits per heavy atom. The molecule has 3 atom stereocenters. The van der Waals surface area contributed by atoms with Gasteiger partial charge in [0.05, 0.1) is 0 Å². The molecule has 0 spiro atoms. The van der Waals surface area contributed by atoms with Gasteiger partial charge in [-0.05, 0) is 0 Å². The summed E-state index contributed by atoms with van der Waals surface area (Å²) in [4.78, 5) is 66.0. The molecule has 0 aliphatic heterocycles. The molecule has 11 N–H and O–H groups in total. The molecule has 0 aliphatic rings. The van der Waals surface area contributed by atoms with Gasteiger partial charge in [0, 0.05) is 0 Å². The Morgan fingerprint density at radius 3 is 2.41 bits per heavy atom. The van der Waals surface area contributed by atoms with Crippen molar-refractivity contribution in [2.24, 2.45) is 5.73 Å². The van der Waals surface area contributed by atoms with Crippen molar-refractivity contribution in [3.63, 3.8) is 0 Å². The molecule has 1 aromatic heterocycles. The maximum atomic E-state index is 11.3. The summed E-state index contributed by atoms with van der Waals surface area (Å²) in [5.41, 5.74) is 8.72. The van der Waals surface area contributed by atoms with Crippen LogP contribution in [0, 0.1) is 0 Å². The second kappa shape index (κ2) is 11.3. The normalized spacial score (nSPS) is 19.4. The topological polar surface area (TPSA) is 228 Å². The van der Waals surface area contributed by atoms with Crippen molar-refractivity contribution < 1.29 is 44.6 Å². The van der Waals surface area contributed by atoms with E-state index in [1.165, 1.54) is 24.4 Å². The number of hydrogen-bond acceptors (Lipinski definition) is 13. The molecular weight excluding hydrogens is 547 g/mol. The Balaban J connectivity index is 3.54. The van der Waals surface area contributed by atoms with E-state index in [-0.39, 0.29) is 23.3 Å². The van der Waals surface area contributed by atoms with E-state index < -0.39 is 32.6 Å².